The van der Waals surface area contributed by atoms with Gasteiger partial charge in [-0.05, 0) is 216 Å². The summed E-state index contributed by atoms with van der Waals surface area (Å²) in [5.74, 6) is 7.33. The molecule has 66 heavy (non-hydrogen) atoms. The van der Waals surface area contributed by atoms with Crippen LogP contribution in [0.3, 0.4) is 0 Å². The fraction of sp³-hybridized carbons (Fsp3) is 0.881. The number of unbranched alkanes of at least 4 members (excludes halogenated alkanes) is 12. The number of carbonyl (C=O) groups excluding carboxylic acids is 1. The van der Waals surface area contributed by atoms with Crippen molar-refractivity contribution in [3.8, 4) is 12.3 Å². The Kier molecular flexibility index (Phi) is 25.1. The van der Waals surface area contributed by atoms with Crippen LogP contribution in [0.4, 0.5) is 0 Å². The number of rotatable bonds is 32. The molecule has 0 aromatic rings. The fourth-order valence-corrected chi connectivity index (χ4v) is 15.0. The topological polar surface area (TPSA) is 57.2 Å². The van der Waals surface area contributed by atoms with Gasteiger partial charge in [0.2, 0.25) is 0 Å². The number of nitrogens with zero attached hydrogens (tertiary/aromatic N) is 1. The summed E-state index contributed by atoms with van der Waals surface area (Å²) in [6, 6.07) is 0. The van der Waals surface area contributed by atoms with Crippen LogP contribution in [-0.4, -0.2) is 65.2 Å². The zero-order valence-electron chi connectivity index (χ0n) is 44.9. The van der Waals surface area contributed by atoms with Crippen LogP contribution in [0.5, 0.6) is 0 Å². The minimum Gasteiger partial charge on any atom is -0.462 e. The van der Waals surface area contributed by atoms with E-state index in [-0.39, 0.29) is 18.4 Å². The minimum atomic E-state index is -2.37. The highest BCUT2D eigenvalue weighted by molar-refractivity contribution is 6.64. The molecular weight excluding hydrogens is 831 g/mol. The monoisotopic (exact) mass is 936 g/mol. The van der Waals surface area contributed by atoms with E-state index in [0.717, 1.165) is 94.9 Å². The molecule has 0 aliphatic heterocycles. The van der Waals surface area contributed by atoms with Crippen LogP contribution in [0.2, 0.25) is 13.1 Å². The molecule has 7 heteroatoms. The van der Waals surface area contributed by atoms with Crippen molar-refractivity contribution in [2.24, 2.45) is 51.8 Å². The Hall–Kier alpha value is -1.43. The van der Waals surface area contributed by atoms with E-state index in [1.807, 2.05) is 20.8 Å². The van der Waals surface area contributed by atoms with Crippen LogP contribution >= 0.6 is 0 Å². The molecule has 0 N–H and O–H groups in total. The van der Waals surface area contributed by atoms with Crippen molar-refractivity contribution in [3.63, 3.8) is 0 Å². The smallest absolute Gasteiger partial charge is 0.333 e. The minimum absolute atomic E-state index is 0.0289. The summed E-state index contributed by atoms with van der Waals surface area (Å²) in [6.45, 7) is 23.9. The maximum Gasteiger partial charge on any atom is 0.333 e. The quantitative estimate of drug-likeness (QED) is 0.0167. The molecule has 4 rings (SSSR count). The van der Waals surface area contributed by atoms with Gasteiger partial charge < -0.3 is 18.3 Å². The molecule has 6 nitrogen and oxygen atoms in total. The molecule has 6 unspecified atom stereocenters. The maximum atomic E-state index is 12.8. The summed E-state index contributed by atoms with van der Waals surface area (Å²) in [5.41, 5.74) is 0.385. The lowest BCUT2D eigenvalue weighted by Gasteiger charge is -2.61. The van der Waals surface area contributed by atoms with Crippen molar-refractivity contribution in [1.29, 1.82) is 0 Å². The first-order chi connectivity index (χ1) is 31.5. The maximum absolute atomic E-state index is 12.8. The molecule has 0 bridgehead atoms. The first kappa shape index (κ1) is 57.1. The second-order valence-electron chi connectivity index (χ2n) is 24.1. The lowest BCUT2D eigenvalue weighted by atomic mass is 9.44. The number of allylic oxidation sites excluding steroid dienone is 4. The van der Waals surface area contributed by atoms with Crippen LogP contribution < -0.4 is 0 Å². The second kappa shape index (κ2) is 29.0. The Morgan fingerprint density at radius 2 is 1.42 bits per heavy atom. The number of hydrogen-bond donors (Lipinski definition) is 0. The molecule has 4 saturated carbocycles. The van der Waals surface area contributed by atoms with Gasteiger partial charge in [-0.15, -0.1) is 6.42 Å². The molecule has 0 aromatic heterocycles. The van der Waals surface area contributed by atoms with E-state index in [0.29, 0.717) is 22.7 Å². The molecule has 0 heterocycles. The Balaban J connectivity index is 1.24. The standard InChI is InChI=1S/C59H105NO5Si/c1-12-14-15-16-17-18-19-20-21-22-23-24-25-26-28-31-45-62-55(65-66(10,11)63-46-32-29-27-30-44-60(9)43-13-2)38-33-48(3)52-36-37-53-51-35-34-49-47-50(64-56(61)57(4,5)6)39-41-58(49,7)54(51)40-42-59(52,53)8/h2,17-18,20-21,48-55H,12,14-16,19,22-47H2,1,3-11H3/b18-17-,21-20-/t48-,49?,50-,51?,52?,53?,54?,55?,58+,59-/m1/s1. The van der Waals surface area contributed by atoms with E-state index in [1.54, 1.807) is 0 Å². The lowest BCUT2D eigenvalue weighted by molar-refractivity contribution is -0.170. The van der Waals surface area contributed by atoms with Gasteiger partial charge in [-0.25, -0.2) is 0 Å². The summed E-state index contributed by atoms with van der Waals surface area (Å²) < 4.78 is 26.3. The van der Waals surface area contributed by atoms with Crippen molar-refractivity contribution in [2.75, 3.05) is 33.4 Å². The van der Waals surface area contributed by atoms with Crippen molar-refractivity contribution in [3.05, 3.63) is 24.3 Å². The van der Waals surface area contributed by atoms with Gasteiger partial charge in [0.05, 0.1) is 12.0 Å². The lowest BCUT2D eigenvalue weighted by Crippen LogP contribution is -2.54. The molecular formula is C59H105NO5Si. The third-order valence-corrected chi connectivity index (χ3v) is 19.2. The van der Waals surface area contributed by atoms with E-state index in [1.165, 1.54) is 128 Å². The molecule has 0 aromatic carbocycles. The largest absolute Gasteiger partial charge is 0.462 e. The van der Waals surface area contributed by atoms with Gasteiger partial charge in [-0.2, -0.15) is 0 Å². The summed E-state index contributed by atoms with van der Waals surface area (Å²) in [4.78, 5) is 15.0. The molecule has 4 aliphatic carbocycles. The molecule has 380 valence electrons. The summed E-state index contributed by atoms with van der Waals surface area (Å²) in [6.07, 6.45) is 48.1. The van der Waals surface area contributed by atoms with Crippen molar-refractivity contribution < 1.29 is 23.1 Å². The van der Waals surface area contributed by atoms with Crippen LogP contribution in [-0.2, 0) is 23.1 Å². The van der Waals surface area contributed by atoms with Gasteiger partial charge in [0.25, 0.3) is 0 Å². The SMILES string of the molecule is C#CCN(C)CCCCCCO[Si](C)(C)OC(CC[C@@H](C)C1CCC2C3CCC4C[C@H](OC(=O)C(C)(C)C)CC[C@]4(C)C3CC[C@@]21C)OCCCCCCCC/C=C\C/C=C\CCCCC. The fourth-order valence-electron chi connectivity index (χ4n) is 13.5. The van der Waals surface area contributed by atoms with Crippen molar-refractivity contribution in [1.82, 2.24) is 4.90 Å². The van der Waals surface area contributed by atoms with Crippen molar-refractivity contribution in [2.45, 2.75) is 247 Å². The highest BCUT2D eigenvalue weighted by atomic mass is 28.4. The molecule has 0 spiro atoms. The third kappa shape index (κ3) is 18.4. The number of hydrogen-bond acceptors (Lipinski definition) is 6. The number of carbonyl (C=O) groups is 1. The number of terminal acetylenes is 1. The van der Waals surface area contributed by atoms with Gasteiger partial charge >= 0.3 is 14.5 Å². The van der Waals surface area contributed by atoms with E-state index in [4.69, 9.17) is 24.7 Å². The molecule has 10 atom stereocenters. The van der Waals surface area contributed by atoms with Gasteiger partial charge in [0.1, 0.15) is 12.4 Å². The Bertz CT molecular complexity index is 1460. The van der Waals surface area contributed by atoms with Crippen LogP contribution in [0.15, 0.2) is 24.3 Å². The molecule has 0 amide bonds. The van der Waals surface area contributed by atoms with E-state index in [2.05, 4.69) is 83.0 Å². The van der Waals surface area contributed by atoms with Gasteiger partial charge in [0.15, 0.2) is 0 Å². The highest BCUT2D eigenvalue weighted by Gasteiger charge is 2.61. The molecule has 0 saturated heterocycles. The average Bonchev–Trinajstić information content (AvgIpc) is 3.63. The summed E-state index contributed by atoms with van der Waals surface area (Å²) in [5, 5.41) is 0. The predicted molar refractivity (Wildman–Crippen MR) is 281 cm³/mol. The van der Waals surface area contributed by atoms with Crippen LogP contribution in [0.1, 0.15) is 222 Å². The molecule has 0 radical (unpaired) electrons. The number of fused-ring (bicyclic) bond motifs is 5. The zero-order chi connectivity index (χ0) is 48.1. The van der Waals surface area contributed by atoms with Crippen molar-refractivity contribution >= 4 is 14.5 Å². The highest BCUT2D eigenvalue weighted by Crippen LogP contribution is 2.68. The van der Waals surface area contributed by atoms with E-state index < -0.39 is 14.0 Å². The second-order valence-corrected chi connectivity index (χ2v) is 27.4. The molecule has 4 aliphatic rings. The Morgan fingerprint density at radius 1 is 0.788 bits per heavy atom. The zero-order valence-corrected chi connectivity index (χ0v) is 45.9. The van der Waals surface area contributed by atoms with Gasteiger partial charge in [-0.3, -0.25) is 9.69 Å². The predicted octanol–water partition coefficient (Wildman–Crippen LogP) is 16.0. The molecule has 4 fully saturated rings. The van der Waals surface area contributed by atoms with Crippen LogP contribution in [0, 0.1) is 64.1 Å². The van der Waals surface area contributed by atoms with E-state index in [9.17, 15) is 4.79 Å². The Morgan fingerprint density at radius 3 is 2.12 bits per heavy atom. The Labute approximate surface area is 410 Å². The van der Waals surface area contributed by atoms with Gasteiger partial charge in [-0.1, -0.05) is 109 Å². The number of ether oxygens (including phenoxy) is 2. The first-order valence-electron chi connectivity index (χ1n) is 28.1. The third-order valence-electron chi connectivity index (χ3n) is 17.4. The normalized spacial score (nSPS) is 28.9. The average molecular weight is 937 g/mol. The van der Waals surface area contributed by atoms with Crippen LogP contribution in [0.25, 0.3) is 0 Å². The van der Waals surface area contributed by atoms with E-state index >= 15 is 0 Å². The first-order valence-corrected chi connectivity index (χ1v) is 30.9. The number of esters is 1. The summed E-state index contributed by atoms with van der Waals surface area (Å²) in [7, 11) is -0.268. The summed E-state index contributed by atoms with van der Waals surface area (Å²) >= 11 is 0. The van der Waals surface area contributed by atoms with Gasteiger partial charge in [0, 0.05) is 13.2 Å².